The van der Waals surface area contributed by atoms with Gasteiger partial charge in [-0.15, -0.1) is 0 Å². The van der Waals surface area contributed by atoms with Gasteiger partial charge < -0.3 is 15.2 Å². The van der Waals surface area contributed by atoms with Gasteiger partial charge in [-0.1, -0.05) is 0 Å². The topological polar surface area (TPSA) is 61.5 Å². The van der Waals surface area contributed by atoms with Crippen LogP contribution in [0.4, 0.5) is 0 Å². The molecule has 1 heterocycles. The van der Waals surface area contributed by atoms with E-state index in [9.17, 15) is 4.79 Å². The fraction of sp³-hybridized carbons (Fsp3) is 0.875. The van der Waals surface area contributed by atoms with E-state index in [0.29, 0.717) is 0 Å². The van der Waals surface area contributed by atoms with E-state index in [1.807, 2.05) is 20.8 Å². The van der Waals surface area contributed by atoms with Crippen molar-refractivity contribution < 1.29 is 14.3 Å². The van der Waals surface area contributed by atoms with E-state index in [2.05, 4.69) is 0 Å². The number of carbonyl (C=O) groups is 1. The quantitative estimate of drug-likeness (QED) is 0.569. The van der Waals surface area contributed by atoms with Crippen molar-refractivity contribution in [3.8, 4) is 0 Å². The van der Waals surface area contributed by atoms with Crippen molar-refractivity contribution in [1.29, 1.82) is 0 Å². The molecule has 0 aliphatic carbocycles. The maximum Gasteiger partial charge on any atom is 0.331 e. The van der Waals surface area contributed by atoms with Crippen LogP contribution < -0.4 is 5.73 Å². The van der Waals surface area contributed by atoms with Crippen molar-refractivity contribution in [1.82, 2.24) is 0 Å². The van der Waals surface area contributed by atoms with Gasteiger partial charge in [0, 0.05) is 0 Å². The molecule has 1 aliphatic rings. The highest BCUT2D eigenvalue weighted by Gasteiger charge is 2.44. The van der Waals surface area contributed by atoms with Crippen LogP contribution in [0.15, 0.2) is 0 Å². The number of hydrogen-bond acceptors (Lipinski definition) is 4. The Hall–Kier alpha value is -0.610. The molecule has 4 nitrogen and oxygen atoms in total. The lowest BCUT2D eigenvalue weighted by atomic mass is 9.99. The summed E-state index contributed by atoms with van der Waals surface area (Å²) >= 11 is 0. The fourth-order valence-electron chi connectivity index (χ4n) is 0.820. The minimum absolute atomic E-state index is 0.266. The van der Waals surface area contributed by atoms with Crippen LogP contribution in [0.25, 0.3) is 0 Å². The first-order chi connectivity index (χ1) is 5.33. The highest BCUT2D eigenvalue weighted by Crippen LogP contribution is 2.19. The van der Waals surface area contributed by atoms with Crippen molar-refractivity contribution in [3.63, 3.8) is 0 Å². The van der Waals surface area contributed by atoms with Crippen molar-refractivity contribution in [3.05, 3.63) is 0 Å². The van der Waals surface area contributed by atoms with Crippen LogP contribution in [0.5, 0.6) is 0 Å². The second-order valence-corrected chi connectivity index (χ2v) is 4.15. The molecule has 1 saturated heterocycles. The van der Waals surface area contributed by atoms with E-state index in [0.717, 1.165) is 0 Å². The number of nitrogens with two attached hydrogens (primary N) is 1. The number of esters is 1. The molecule has 0 aromatic rings. The van der Waals surface area contributed by atoms with Gasteiger partial charge in [-0.05, 0) is 20.8 Å². The molecule has 0 radical (unpaired) electrons. The Morgan fingerprint density at radius 1 is 1.50 bits per heavy atom. The monoisotopic (exact) mass is 173 g/mol. The summed E-state index contributed by atoms with van der Waals surface area (Å²) in [6.45, 7) is 5.97. The zero-order valence-corrected chi connectivity index (χ0v) is 7.72. The van der Waals surface area contributed by atoms with E-state index in [-0.39, 0.29) is 19.2 Å². The number of carbonyl (C=O) groups excluding carboxylic acids is 1. The van der Waals surface area contributed by atoms with Crippen LogP contribution in [0.1, 0.15) is 20.8 Å². The molecule has 0 bridgehead atoms. The predicted molar refractivity (Wildman–Crippen MR) is 43.6 cm³/mol. The first-order valence-electron chi connectivity index (χ1n) is 3.94. The first kappa shape index (κ1) is 9.48. The van der Waals surface area contributed by atoms with Gasteiger partial charge in [0.1, 0.15) is 5.60 Å². The van der Waals surface area contributed by atoms with Crippen molar-refractivity contribution in [2.45, 2.75) is 31.9 Å². The summed E-state index contributed by atoms with van der Waals surface area (Å²) in [6.07, 6.45) is 0. The SMILES string of the molecule is CC(C)(C)OC(=O)C1(N)COC1. The third-order valence-corrected chi connectivity index (χ3v) is 1.52. The van der Waals surface area contributed by atoms with Gasteiger partial charge in [-0.2, -0.15) is 0 Å². The van der Waals surface area contributed by atoms with Crippen LogP contribution in [-0.4, -0.2) is 30.3 Å². The third kappa shape index (κ3) is 1.95. The van der Waals surface area contributed by atoms with Gasteiger partial charge in [0.2, 0.25) is 0 Å². The number of hydrogen-bond donors (Lipinski definition) is 1. The maximum absolute atomic E-state index is 11.3. The lowest BCUT2D eigenvalue weighted by molar-refractivity contribution is -0.178. The third-order valence-electron chi connectivity index (χ3n) is 1.52. The van der Waals surface area contributed by atoms with Crippen molar-refractivity contribution in [2.24, 2.45) is 5.73 Å². The molecule has 0 spiro atoms. The molecule has 2 N–H and O–H groups in total. The summed E-state index contributed by atoms with van der Waals surface area (Å²) < 4.78 is 9.95. The van der Waals surface area contributed by atoms with E-state index >= 15 is 0 Å². The highest BCUT2D eigenvalue weighted by molar-refractivity contribution is 5.82. The second kappa shape index (κ2) is 2.71. The Kier molecular flexibility index (Phi) is 2.14. The van der Waals surface area contributed by atoms with Crippen LogP contribution in [0.3, 0.4) is 0 Å². The molecule has 1 aliphatic heterocycles. The lowest BCUT2D eigenvalue weighted by Crippen LogP contribution is -2.64. The van der Waals surface area contributed by atoms with E-state index in [4.69, 9.17) is 15.2 Å². The minimum atomic E-state index is -0.896. The standard InChI is InChI=1S/C8H15NO3/c1-7(2,3)12-6(10)8(9)4-11-5-8/h4-5,9H2,1-3H3. The maximum atomic E-state index is 11.3. The van der Waals surface area contributed by atoms with Crippen LogP contribution in [-0.2, 0) is 14.3 Å². The van der Waals surface area contributed by atoms with Crippen molar-refractivity contribution >= 4 is 5.97 Å². The highest BCUT2D eigenvalue weighted by atomic mass is 16.6. The summed E-state index contributed by atoms with van der Waals surface area (Å²) in [5.74, 6) is -0.374. The predicted octanol–water partition coefficient (Wildman–Crippen LogP) is 0.0558. The number of ether oxygens (including phenoxy) is 2. The molecule has 1 fully saturated rings. The molecule has 0 unspecified atom stereocenters. The Balaban J connectivity index is 2.49. The number of rotatable bonds is 1. The summed E-state index contributed by atoms with van der Waals surface area (Å²) in [4.78, 5) is 11.3. The molecule has 0 aromatic carbocycles. The Bertz CT molecular complexity index is 191. The Labute approximate surface area is 72.0 Å². The Morgan fingerprint density at radius 2 is 2.00 bits per heavy atom. The smallest absolute Gasteiger partial charge is 0.331 e. The molecule has 0 atom stereocenters. The molecular weight excluding hydrogens is 158 g/mol. The van der Waals surface area contributed by atoms with E-state index in [1.54, 1.807) is 0 Å². The zero-order valence-electron chi connectivity index (χ0n) is 7.72. The summed E-state index contributed by atoms with van der Waals surface area (Å²) in [5.41, 5.74) is 4.29. The Morgan fingerprint density at radius 3 is 2.25 bits per heavy atom. The van der Waals surface area contributed by atoms with E-state index < -0.39 is 11.1 Å². The molecule has 1 rings (SSSR count). The molecule has 12 heavy (non-hydrogen) atoms. The van der Waals surface area contributed by atoms with Crippen LogP contribution in [0.2, 0.25) is 0 Å². The fourth-order valence-corrected chi connectivity index (χ4v) is 0.820. The minimum Gasteiger partial charge on any atom is -0.458 e. The molecule has 4 heteroatoms. The second-order valence-electron chi connectivity index (χ2n) is 4.15. The molecule has 70 valence electrons. The summed E-state index contributed by atoms with van der Waals surface area (Å²) in [7, 11) is 0. The van der Waals surface area contributed by atoms with Crippen molar-refractivity contribution in [2.75, 3.05) is 13.2 Å². The molecule has 0 amide bonds. The van der Waals surface area contributed by atoms with Gasteiger partial charge >= 0.3 is 5.97 Å². The molecular formula is C8H15NO3. The zero-order chi connectivity index (χ0) is 9.41. The lowest BCUT2D eigenvalue weighted by Gasteiger charge is -2.37. The molecule has 0 saturated carbocycles. The summed E-state index contributed by atoms with van der Waals surface area (Å²) in [6, 6.07) is 0. The molecule has 0 aromatic heterocycles. The van der Waals surface area contributed by atoms with Gasteiger partial charge in [0.05, 0.1) is 13.2 Å². The largest absolute Gasteiger partial charge is 0.458 e. The summed E-state index contributed by atoms with van der Waals surface area (Å²) in [5, 5.41) is 0. The normalized spacial score (nSPS) is 21.3. The van der Waals surface area contributed by atoms with Gasteiger partial charge in [0.25, 0.3) is 0 Å². The average Bonchev–Trinajstić information content (AvgIpc) is 1.78. The van der Waals surface area contributed by atoms with Crippen LogP contribution in [0, 0.1) is 0 Å². The van der Waals surface area contributed by atoms with Gasteiger partial charge in [-0.3, -0.25) is 0 Å². The van der Waals surface area contributed by atoms with Gasteiger partial charge in [0.15, 0.2) is 5.54 Å². The van der Waals surface area contributed by atoms with Gasteiger partial charge in [-0.25, -0.2) is 4.79 Å². The average molecular weight is 173 g/mol. The first-order valence-corrected chi connectivity index (χ1v) is 3.94. The van der Waals surface area contributed by atoms with Crippen LogP contribution >= 0.6 is 0 Å². The van der Waals surface area contributed by atoms with E-state index in [1.165, 1.54) is 0 Å².